The molecule has 0 radical (unpaired) electrons. The molecule has 1 atom stereocenters. The highest BCUT2D eigenvalue weighted by atomic mass is 19.4. The number of hydrogen-bond donors (Lipinski definition) is 0. The minimum atomic E-state index is -4.33. The Morgan fingerprint density at radius 3 is 2.63 bits per heavy atom. The Morgan fingerprint density at radius 1 is 1.42 bits per heavy atom. The summed E-state index contributed by atoms with van der Waals surface area (Å²) in [5, 5.41) is 0. The summed E-state index contributed by atoms with van der Waals surface area (Å²) in [5.74, 6) is 0.0623. The Labute approximate surface area is 110 Å². The van der Waals surface area contributed by atoms with E-state index in [2.05, 4.69) is 0 Å². The fourth-order valence-corrected chi connectivity index (χ4v) is 2.68. The van der Waals surface area contributed by atoms with Gasteiger partial charge in [-0.15, -0.1) is 0 Å². The fourth-order valence-electron chi connectivity index (χ4n) is 2.68. The first kappa shape index (κ1) is 13.9. The number of benzene rings is 1. The van der Waals surface area contributed by atoms with Gasteiger partial charge in [0, 0.05) is 24.7 Å². The van der Waals surface area contributed by atoms with Crippen molar-refractivity contribution in [1.29, 1.82) is 0 Å². The predicted molar refractivity (Wildman–Crippen MR) is 67.3 cm³/mol. The molecule has 1 aliphatic rings. The lowest BCUT2D eigenvalue weighted by molar-refractivity contribution is -0.137. The van der Waals surface area contributed by atoms with Crippen LogP contribution in [0.4, 0.5) is 18.9 Å². The Bertz CT molecular complexity index is 496. The number of alkyl halides is 3. The van der Waals surface area contributed by atoms with E-state index in [1.807, 2.05) is 11.8 Å². The average Bonchev–Trinajstić information content (AvgIpc) is 2.62. The smallest absolute Gasteiger partial charge is 0.368 e. The zero-order valence-corrected chi connectivity index (χ0v) is 10.9. The molecule has 0 N–H and O–H groups in total. The SMILES string of the molecule is CCN1c2cc(C(F)(F)F)ccc2CC1CC(C)=O. The van der Waals surface area contributed by atoms with E-state index in [1.165, 1.54) is 19.1 Å². The maximum atomic E-state index is 12.7. The summed E-state index contributed by atoms with van der Waals surface area (Å²) in [6.45, 7) is 4.01. The molecule has 1 aromatic rings. The molecule has 1 heterocycles. The third-order valence-corrected chi connectivity index (χ3v) is 3.48. The molecule has 0 amide bonds. The van der Waals surface area contributed by atoms with Gasteiger partial charge in [0.15, 0.2) is 0 Å². The molecule has 0 spiro atoms. The van der Waals surface area contributed by atoms with Crippen molar-refractivity contribution in [2.75, 3.05) is 11.4 Å². The van der Waals surface area contributed by atoms with Crippen molar-refractivity contribution in [3.63, 3.8) is 0 Å². The summed E-state index contributed by atoms with van der Waals surface area (Å²) in [6.07, 6.45) is -3.31. The average molecular weight is 271 g/mol. The van der Waals surface area contributed by atoms with E-state index in [0.29, 0.717) is 25.1 Å². The number of carbonyl (C=O) groups excluding carboxylic acids is 1. The molecule has 0 fully saturated rings. The molecule has 1 aromatic carbocycles. The van der Waals surface area contributed by atoms with Crippen LogP contribution in [0.5, 0.6) is 0 Å². The zero-order valence-electron chi connectivity index (χ0n) is 10.9. The Balaban J connectivity index is 2.34. The summed E-state index contributed by atoms with van der Waals surface area (Å²) < 4.78 is 38.2. The molecule has 0 saturated heterocycles. The summed E-state index contributed by atoms with van der Waals surface area (Å²) in [7, 11) is 0. The van der Waals surface area contributed by atoms with Crippen LogP contribution in [-0.4, -0.2) is 18.4 Å². The molecule has 1 unspecified atom stereocenters. The molecular weight excluding hydrogens is 255 g/mol. The van der Waals surface area contributed by atoms with Gasteiger partial charge in [-0.05, 0) is 38.0 Å². The number of halogens is 3. The number of Topliss-reactive ketones (excluding diaryl/α,β-unsaturated/α-hetero) is 1. The highest BCUT2D eigenvalue weighted by Crippen LogP contribution is 2.38. The molecule has 0 bridgehead atoms. The number of nitrogens with zero attached hydrogens (tertiary/aromatic N) is 1. The first-order valence-electron chi connectivity index (χ1n) is 6.29. The second-order valence-electron chi connectivity index (χ2n) is 4.89. The number of hydrogen-bond acceptors (Lipinski definition) is 2. The molecule has 0 aromatic heterocycles. The topological polar surface area (TPSA) is 20.3 Å². The molecule has 0 saturated carbocycles. The van der Waals surface area contributed by atoms with Crippen molar-refractivity contribution in [1.82, 2.24) is 0 Å². The minimum absolute atomic E-state index is 0.0130. The lowest BCUT2D eigenvalue weighted by Gasteiger charge is -2.25. The van der Waals surface area contributed by atoms with Gasteiger partial charge in [-0.2, -0.15) is 13.2 Å². The second-order valence-corrected chi connectivity index (χ2v) is 4.89. The Hall–Kier alpha value is -1.52. The molecule has 2 rings (SSSR count). The number of ketones is 1. The van der Waals surface area contributed by atoms with Gasteiger partial charge in [-0.25, -0.2) is 0 Å². The van der Waals surface area contributed by atoms with Gasteiger partial charge in [0.2, 0.25) is 0 Å². The third-order valence-electron chi connectivity index (χ3n) is 3.48. The van der Waals surface area contributed by atoms with Gasteiger partial charge in [-0.3, -0.25) is 4.79 Å². The zero-order chi connectivity index (χ0) is 14.2. The molecule has 19 heavy (non-hydrogen) atoms. The summed E-state index contributed by atoms with van der Waals surface area (Å²) in [4.78, 5) is 13.1. The Morgan fingerprint density at radius 2 is 2.11 bits per heavy atom. The van der Waals surface area contributed by atoms with Gasteiger partial charge in [0.1, 0.15) is 5.78 Å². The van der Waals surface area contributed by atoms with Crippen molar-refractivity contribution in [3.8, 4) is 0 Å². The lowest BCUT2D eigenvalue weighted by atomic mass is 10.0. The number of likely N-dealkylation sites (N-methyl/N-ethyl adjacent to an activating group) is 1. The van der Waals surface area contributed by atoms with Crippen LogP contribution in [0.1, 0.15) is 31.4 Å². The maximum absolute atomic E-state index is 12.7. The first-order chi connectivity index (χ1) is 8.82. The standard InChI is InChI=1S/C14H16F3NO/c1-3-18-12(6-9(2)19)7-10-4-5-11(8-13(10)18)14(15,16)17/h4-5,8,12H,3,6-7H2,1-2H3. The van der Waals surface area contributed by atoms with E-state index >= 15 is 0 Å². The predicted octanol–water partition coefficient (Wildman–Crippen LogP) is 3.44. The number of carbonyl (C=O) groups is 1. The molecular formula is C14H16F3NO. The van der Waals surface area contributed by atoms with Crippen molar-refractivity contribution in [2.45, 2.75) is 38.9 Å². The van der Waals surface area contributed by atoms with Crippen LogP contribution in [-0.2, 0) is 17.4 Å². The molecule has 5 heteroatoms. The van der Waals surface area contributed by atoms with E-state index in [9.17, 15) is 18.0 Å². The number of fused-ring (bicyclic) bond motifs is 1. The first-order valence-corrected chi connectivity index (χ1v) is 6.29. The van der Waals surface area contributed by atoms with Crippen LogP contribution in [0.3, 0.4) is 0 Å². The molecule has 2 nitrogen and oxygen atoms in total. The third kappa shape index (κ3) is 2.74. The fraction of sp³-hybridized carbons (Fsp3) is 0.500. The van der Waals surface area contributed by atoms with Gasteiger partial charge in [0.05, 0.1) is 5.56 Å². The van der Waals surface area contributed by atoms with Crippen molar-refractivity contribution >= 4 is 11.5 Å². The van der Waals surface area contributed by atoms with Crippen molar-refractivity contribution in [3.05, 3.63) is 29.3 Å². The normalized spacial score (nSPS) is 18.6. The largest absolute Gasteiger partial charge is 0.416 e. The Kier molecular flexibility index (Phi) is 3.56. The monoisotopic (exact) mass is 271 g/mol. The van der Waals surface area contributed by atoms with Gasteiger partial charge in [0.25, 0.3) is 0 Å². The molecule has 0 aliphatic carbocycles. The van der Waals surface area contributed by atoms with E-state index in [1.54, 1.807) is 0 Å². The molecule has 104 valence electrons. The van der Waals surface area contributed by atoms with Crippen LogP contribution in [0.25, 0.3) is 0 Å². The van der Waals surface area contributed by atoms with E-state index < -0.39 is 11.7 Å². The summed E-state index contributed by atoms with van der Waals surface area (Å²) in [6, 6.07) is 3.82. The number of anilines is 1. The van der Waals surface area contributed by atoms with Gasteiger partial charge in [-0.1, -0.05) is 6.07 Å². The summed E-state index contributed by atoms with van der Waals surface area (Å²) in [5.41, 5.74) is 0.873. The van der Waals surface area contributed by atoms with Crippen LogP contribution >= 0.6 is 0 Å². The minimum Gasteiger partial charge on any atom is -0.368 e. The van der Waals surface area contributed by atoms with Crippen molar-refractivity contribution < 1.29 is 18.0 Å². The summed E-state index contributed by atoms with van der Waals surface area (Å²) >= 11 is 0. The highest BCUT2D eigenvalue weighted by Gasteiger charge is 2.35. The van der Waals surface area contributed by atoms with E-state index in [4.69, 9.17) is 0 Å². The van der Waals surface area contributed by atoms with Gasteiger partial charge >= 0.3 is 6.18 Å². The van der Waals surface area contributed by atoms with E-state index in [0.717, 1.165) is 11.6 Å². The second kappa shape index (κ2) is 4.87. The van der Waals surface area contributed by atoms with Crippen molar-refractivity contribution in [2.24, 2.45) is 0 Å². The highest BCUT2D eigenvalue weighted by molar-refractivity contribution is 5.77. The van der Waals surface area contributed by atoms with Crippen LogP contribution < -0.4 is 4.90 Å². The quantitative estimate of drug-likeness (QED) is 0.839. The molecule has 1 aliphatic heterocycles. The van der Waals surface area contributed by atoms with E-state index in [-0.39, 0.29) is 11.8 Å². The van der Waals surface area contributed by atoms with Gasteiger partial charge < -0.3 is 4.90 Å². The maximum Gasteiger partial charge on any atom is 0.416 e. The number of rotatable bonds is 3. The van der Waals surface area contributed by atoms with Crippen LogP contribution in [0.2, 0.25) is 0 Å². The van der Waals surface area contributed by atoms with Crippen LogP contribution in [0.15, 0.2) is 18.2 Å². The van der Waals surface area contributed by atoms with Crippen LogP contribution in [0, 0.1) is 0 Å². The lowest BCUT2D eigenvalue weighted by Crippen LogP contribution is -2.33.